The molecule has 2 N–H and O–H groups in total. The number of nitrogens with two attached hydrogens (primary N) is 1. The fraction of sp³-hybridized carbons (Fsp3) is 0.462. The monoisotopic (exact) mass is 252 g/mol. The minimum absolute atomic E-state index is 0.132. The van der Waals surface area contributed by atoms with Gasteiger partial charge in [-0.2, -0.15) is 0 Å². The van der Waals surface area contributed by atoms with Gasteiger partial charge in [-0.1, -0.05) is 32.4 Å². The summed E-state index contributed by atoms with van der Waals surface area (Å²) in [7, 11) is 0. The Morgan fingerprint density at radius 3 is 2.65 bits per heavy atom. The number of aryl methyl sites for hydroxylation is 1. The predicted octanol–water partition coefficient (Wildman–Crippen LogP) is 3.96. The Bertz CT molecular complexity index is 567. The number of nitrogen functional groups attached to an aromatic ring is 1. The number of aromatic nitrogens is 1. The molecule has 17 heavy (non-hydrogen) atoms. The number of hydrogen-bond donors (Lipinski definition) is 1. The van der Waals surface area contributed by atoms with Gasteiger partial charge >= 0.3 is 0 Å². The third-order valence-corrected chi connectivity index (χ3v) is 2.92. The van der Waals surface area contributed by atoms with E-state index in [-0.39, 0.29) is 5.41 Å². The molecule has 1 heterocycles. The minimum atomic E-state index is 0.132. The molecule has 0 aliphatic carbocycles. The second-order valence-electron chi connectivity index (χ2n) is 5.60. The third kappa shape index (κ3) is 2.39. The average Bonchev–Trinajstić information content (AvgIpc) is 2.56. The van der Waals surface area contributed by atoms with Gasteiger partial charge in [-0.15, -0.1) is 0 Å². The van der Waals surface area contributed by atoms with Crippen LogP contribution in [-0.2, 0) is 6.42 Å². The van der Waals surface area contributed by atoms with E-state index in [4.69, 9.17) is 21.8 Å². The molecule has 4 heteroatoms. The summed E-state index contributed by atoms with van der Waals surface area (Å²) in [6.45, 7) is 8.36. The fourth-order valence-corrected chi connectivity index (χ4v) is 2.00. The van der Waals surface area contributed by atoms with E-state index < -0.39 is 0 Å². The summed E-state index contributed by atoms with van der Waals surface area (Å²) in [5.74, 6) is 0.711. The van der Waals surface area contributed by atoms with Crippen LogP contribution in [-0.4, -0.2) is 4.98 Å². The molecule has 2 rings (SSSR count). The van der Waals surface area contributed by atoms with E-state index in [1.165, 1.54) is 0 Å². The highest BCUT2D eigenvalue weighted by Crippen LogP contribution is 2.32. The van der Waals surface area contributed by atoms with Crippen LogP contribution in [0.15, 0.2) is 10.5 Å². The lowest BCUT2D eigenvalue weighted by Gasteiger charge is -2.14. The molecule has 0 unspecified atom stereocenters. The standard InChI is InChI=1S/C13H17ClN2O/c1-7-9(15)5-8(14)12-11(7)16-10(17-12)6-13(2,3)4/h5H,6,15H2,1-4H3. The van der Waals surface area contributed by atoms with Crippen molar-refractivity contribution in [3.8, 4) is 0 Å². The van der Waals surface area contributed by atoms with Crippen molar-refractivity contribution in [2.75, 3.05) is 5.73 Å². The van der Waals surface area contributed by atoms with Gasteiger partial charge < -0.3 is 10.2 Å². The second-order valence-corrected chi connectivity index (χ2v) is 6.00. The summed E-state index contributed by atoms with van der Waals surface area (Å²) in [5, 5.41) is 0.524. The quantitative estimate of drug-likeness (QED) is 0.782. The Balaban J connectivity index is 2.58. The van der Waals surface area contributed by atoms with E-state index in [2.05, 4.69) is 25.8 Å². The maximum atomic E-state index is 6.11. The van der Waals surface area contributed by atoms with Crippen LogP contribution in [0.1, 0.15) is 32.2 Å². The number of halogens is 1. The van der Waals surface area contributed by atoms with E-state index in [0.717, 1.165) is 17.5 Å². The predicted molar refractivity (Wildman–Crippen MR) is 71.3 cm³/mol. The zero-order chi connectivity index (χ0) is 12.8. The van der Waals surface area contributed by atoms with E-state index in [0.29, 0.717) is 22.2 Å². The van der Waals surface area contributed by atoms with Crippen LogP contribution < -0.4 is 5.73 Å². The number of fused-ring (bicyclic) bond motifs is 1. The number of hydrogen-bond acceptors (Lipinski definition) is 3. The minimum Gasteiger partial charge on any atom is -0.439 e. The van der Waals surface area contributed by atoms with Gasteiger partial charge in [0.1, 0.15) is 5.52 Å². The van der Waals surface area contributed by atoms with Crippen LogP contribution in [0, 0.1) is 12.3 Å². The lowest BCUT2D eigenvalue weighted by atomic mass is 9.92. The van der Waals surface area contributed by atoms with Gasteiger partial charge in [0.05, 0.1) is 5.02 Å². The fourth-order valence-electron chi connectivity index (χ4n) is 1.76. The van der Waals surface area contributed by atoms with Gasteiger partial charge in [-0.25, -0.2) is 4.98 Å². The molecule has 1 aromatic carbocycles. The zero-order valence-electron chi connectivity index (χ0n) is 10.6. The van der Waals surface area contributed by atoms with Crippen LogP contribution in [0.3, 0.4) is 0 Å². The van der Waals surface area contributed by atoms with E-state index in [1.807, 2.05) is 6.92 Å². The van der Waals surface area contributed by atoms with Gasteiger partial charge in [0.25, 0.3) is 0 Å². The molecule has 0 spiro atoms. The summed E-state index contributed by atoms with van der Waals surface area (Å²) in [6, 6.07) is 1.71. The van der Waals surface area contributed by atoms with Crippen molar-refractivity contribution in [2.45, 2.75) is 34.1 Å². The molecule has 0 saturated carbocycles. The van der Waals surface area contributed by atoms with Gasteiger partial charge in [-0.3, -0.25) is 0 Å². The van der Waals surface area contributed by atoms with E-state index in [1.54, 1.807) is 6.07 Å². The lowest BCUT2D eigenvalue weighted by Crippen LogP contribution is -2.09. The SMILES string of the molecule is Cc1c(N)cc(Cl)c2oc(CC(C)(C)C)nc12. The molecular weight excluding hydrogens is 236 g/mol. The average molecular weight is 253 g/mol. The summed E-state index contributed by atoms with van der Waals surface area (Å²) < 4.78 is 5.71. The molecule has 3 nitrogen and oxygen atoms in total. The van der Waals surface area contributed by atoms with Crippen molar-refractivity contribution in [1.82, 2.24) is 4.98 Å². The van der Waals surface area contributed by atoms with Crippen molar-refractivity contribution in [3.63, 3.8) is 0 Å². The first-order valence-corrected chi connectivity index (χ1v) is 6.00. The molecule has 0 radical (unpaired) electrons. The maximum absolute atomic E-state index is 6.11. The number of anilines is 1. The van der Waals surface area contributed by atoms with Gasteiger partial charge in [-0.05, 0) is 18.4 Å². The van der Waals surface area contributed by atoms with Crippen LogP contribution in [0.5, 0.6) is 0 Å². The van der Waals surface area contributed by atoms with Gasteiger partial charge in [0, 0.05) is 17.7 Å². The highest BCUT2D eigenvalue weighted by Gasteiger charge is 2.18. The number of benzene rings is 1. The Hall–Kier alpha value is -1.22. The zero-order valence-corrected chi connectivity index (χ0v) is 11.4. The molecule has 1 aromatic heterocycles. The van der Waals surface area contributed by atoms with Crippen molar-refractivity contribution >= 4 is 28.4 Å². The molecular formula is C13H17ClN2O. The van der Waals surface area contributed by atoms with Crippen LogP contribution in [0.25, 0.3) is 11.1 Å². The Labute approximate surface area is 106 Å². The second kappa shape index (κ2) is 3.91. The van der Waals surface area contributed by atoms with Crippen molar-refractivity contribution in [1.29, 1.82) is 0 Å². The number of nitrogens with zero attached hydrogens (tertiary/aromatic N) is 1. The smallest absolute Gasteiger partial charge is 0.196 e. The summed E-state index contributed by atoms with van der Waals surface area (Å²) in [4.78, 5) is 4.49. The van der Waals surface area contributed by atoms with Gasteiger partial charge in [0.2, 0.25) is 0 Å². The van der Waals surface area contributed by atoms with Crippen LogP contribution >= 0.6 is 11.6 Å². The molecule has 0 aliphatic heterocycles. The summed E-state index contributed by atoms with van der Waals surface area (Å²) >= 11 is 6.11. The highest BCUT2D eigenvalue weighted by molar-refractivity contribution is 6.35. The molecule has 0 bridgehead atoms. The molecule has 0 saturated heterocycles. The third-order valence-electron chi connectivity index (χ3n) is 2.64. The molecule has 0 aliphatic rings. The highest BCUT2D eigenvalue weighted by atomic mass is 35.5. The maximum Gasteiger partial charge on any atom is 0.196 e. The number of oxazole rings is 1. The van der Waals surface area contributed by atoms with Crippen molar-refractivity contribution < 1.29 is 4.42 Å². The first-order chi connectivity index (χ1) is 7.78. The van der Waals surface area contributed by atoms with E-state index >= 15 is 0 Å². The topological polar surface area (TPSA) is 52.0 Å². The summed E-state index contributed by atoms with van der Waals surface area (Å²) in [6.07, 6.45) is 0.775. The van der Waals surface area contributed by atoms with E-state index in [9.17, 15) is 0 Å². The van der Waals surface area contributed by atoms with Crippen molar-refractivity contribution in [2.24, 2.45) is 5.41 Å². The van der Waals surface area contributed by atoms with Crippen LogP contribution in [0.4, 0.5) is 5.69 Å². The number of rotatable bonds is 1. The lowest BCUT2D eigenvalue weighted by molar-refractivity contribution is 0.362. The first kappa shape index (κ1) is 12.2. The molecule has 92 valence electrons. The molecule has 0 fully saturated rings. The van der Waals surface area contributed by atoms with Crippen molar-refractivity contribution in [3.05, 3.63) is 22.5 Å². The molecule has 0 atom stereocenters. The summed E-state index contributed by atoms with van der Waals surface area (Å²) in [5.41, 5.74) is 8.97. The molecule has 2 aromatic rings. The first-order valence-electron chi connectivity index (χ1n) is 5.62. The largest absolute Gasteiger partial charge is 0.439 e. The Morgan fingerprint density at radius 2 is 2.06 bits per heavy atom. The van der Waals surface area contributed by atoms with Crippen LogP contribution in [0.2, 0.25) is 5.02 Å². The normalized spacial score (nSPS) is 12.3. The Kier molecular flexibility index (Phi) is 2.82. The Morgan fingerprint density at radius 1 is 1.41 bits per heavy atom. The van der Waals surface area contributed by atoms with Gasteiger partial charge in [0.15, 0.2) is 11.5 Å². The molecule has 0 amide bonds.